The predicted molar refractivity (Wildman–Crippen MR) is 98.7 cm³/mol. The summed E-state index contributed by atoms with van der Waals surface area (Å²) in [5, 5.41) is 0.211. The van der Waals surface area contributed by atoms with Crippen LogP contribution in [0.2, 0.25) is 5.02 Å². The number of anilines is 1. The van der Waals surface area contributed by atoms with E-state index in [4.69, 9.17) is 16.3 Å². The van der Waals surface area contributed by atoms with Gasteiger partial charge in [-0.25, -0.2) is 13.8 Å². The first-order valence-electron chi connectivity index (χ1n) is 8.06. The van der Waals surface area contributed by atoms with E-state index in [0.717, 1.165) is 0 Å². The van der Waals surface area contributed by atoms with Crippen molar-refractivity contribution in [1.29, 1.82) is 0 Å². The van der Waals surface area contributed by atoms with Gasteiger partial charge >= 0.3 is 0 Å². The molecule has 0 aliphatic rings. The lowest BCUT2D eigenvalue weighted by molar-refractivity contribution is -0.120. The normalized spacial score (nSPS) is 10.5. The van der Waals surface area contributed by atoms with Gasteiger partial charge in [0.05, 0.1) is 6.54 Å². The minimum absolute atomic E-state index is 0.0989. The van der Waals surface area contributed by atoms with Gasteiger partial charge in [0, 0.05) is 11.2 Å². The van der Waals surface area contributed by atoms with E-state index in [0.29, 0.717) is 17.1 Å². The zero-order valence-corrected chi connectivity index (χ0v) is 14.9. The predicted octanol–water partition coefficient (Wildman–Crippen LogP) is 4.63. The molecule has 0 fully saturated rings. The van der Waals surface area contributed by atoms with Crippen LogP contribution in [0, 0.1) is 11.6 Å². The molecule has 27 heavy (non-hydrogen) atoms. The molecule has 3 aromatic rings. The Balaban J connectivity index is 1.79. The highest BCUT2D eigenvalue weighted by Gasteiger charge is 2.19. The van der Waals surface area contributed by atoms with Crippen molar-refractivity contribution in [2.45, 2.75) is 6.54 Å². The zero-order valence-electron chi connectivity index (χ0n) is 14.1. The van der Waals surface area contributed by atoms with Gasteiger partial charge in [-0.1, -0.05) is 23.7 Å². The first-order chi connectivity index (χ1) is 13.0. The molecule has 0 aliphatic carbocycles. The highest BCUT2D eigenvalue weighted by molar-refractivity contribution is 6.31. The molecule has 0 spiro atoms. The third-order valence-electron chi connectivity index (χ3n) is 3.75. The summed E-state index contributed by atoms with van der Waals surface area (Å²) in [5.41, 5.74) is 0.568. The SMILES string of the molecule is O=C(COc1ccc(F)cc1)N(Cc1ccc(F)cc1Cl)c1ccccn1. The van der Waals surface area contributed by atoms with Crippen LogP contribution in [0.3, 0.4) is 0 Å². The molecule has 0 aliphatic heterocycles. The molecule has 0 saturated heterocycles. The fourth-order valence-corrected chi connectivity index (χ4v) is 2.61. The van der Waals surface area contributed by atoms with Crippen molar-refractivity contribution in [2.24, 2.45) is 0 Å². The molecule has 0 saturated carbocycles. The minimum atomic E-state index is -0.459. The number of carbonyl (C=O) groups excluding carboxylic acids is 1. The van der Waals surface area contributed by atoms with Crippen LogP contribution in [-0.2, 0) is 11.3 Å². The molecule has 1 heterocycles. The van der Waals surface area contributed by atoms with Crippen LogP contribution in [0.4, 0.5) is 14.6 Å². The Kier molecular flexibility index (Phi) is 5.98. The Hall–Kier alpha value is -2.99. The van der Waals surface area contributed by atoms with Crippen LogP contribution < -0.4 is 9.64 Å². The molecule has 0 atom stereocenters. The molecule has 3 rings (SSSR count). The average molecular weight is 389 g/mol. The zero-order chi connectivity index (χ0) is 19.2. The highest BCUT2D eigenvalue weighted by atomic mass is 35.5. The Morgan fingerprint density at radius 3 is 2.44 bits per heavy atom. The van der Waals surface area contributed by atoms with Crippen molar-refractivity contribution < 1.29 is 18.3 Å². The Bertz CT molecular complexity index is 921. The highest BCUT2D eigenvalue weighted by Crippen LogP contribution is 2.22. The topological polar surface area (TPSA) is 42.4 Å². The number of hydrogen-bond donors (Lipinski definition) is 0. The average Bonchev–Trinajstić information content (AvgIpc) is 2.67. The lowest BCUT2D eigenvalue weighted by Crippen LogP contribution is -2.35. The molecule has 2 aromatic carbocycles. The summed E-state index contributed by atoms with van der Waals surface area (Å²) in [6, 6.07) is 14.5. The van der Waals surface area contributed by atoms with Crippen LogP contribution >= 0.6 is 11.6 Å². The van der Waals surface area contributed by atoms with Crippen LogP contribution in [0.1, 0.15) is 5.56 Å². The Labute approximate surface area is 160 Å². The number of benzene rings is 2. The van der Waals surface area contributed by atoms with Crippen LogP contribution in [0.15, 0.2) is 66.9 Å². The second-order valence-electron chi connectivity index (χ2n) is 5.65. The van der Waals surface area contributed by atoms with Crippen molar-refractivity contribution in [2.75, 3.05) is 11.5 Å². The number of pyridine rings is 1. The Morgan fingerprint density at radius 1 is 1.04 bits per heavy atom. The lowest BCUT2D eigenvalue weighted by Gasteiger charge is -2.22. The molecule has 1 amide bonds. The molecule has 138 valence electrons. The van der Waals surface area contributed by atoms with E-state index in [9.17, 15) is 13.6 Å². The maximum atomic E-state index is 13.3. The summed E-state index contributed by atoms with van der Waals surface area (Å²) >= 11 is 6.09. The third kappa shape index (κ3) is 5.01. The van der Waals surface area contributed by atoms with Gasteiger partial charge in [-0.15, -0.1) is 0 Å². The van der Waals surface area contributed by atoms with Gasteiger partial charge in [-0.2, -0.15) is 0 Å². The van der Waals surface area contributed by atoms with Crippen molar-refractivity contribution in [3.05, 3.63) is 89.1 Å². The van der Waals surface area contributed by atoms with E-state index < -0.39 is 11.6 Å². The molecular weight excluding hydrogens is 374 g/mol. The fraction of sp³-hybridized carbons (Fsp3) is 0.100. The number of hydrogen-bond acceptors (Lipinski definition) is 3. The van der Waals surface area contributed by atoms with Crippen LogP contribution in [0.5, 0.6) is 5.75 Å². The summed E-state index contributed by atoms with van der Waals surface area (Å²) < 4.78 is 31.7. The number of halogens is 3. The molecular formula is C20H15ClF2N2O2. The van der Waals surface area contributed by atoms with Crippen LogP contribution in [0.25, 0.3) is 0 Å². The summed E-state index contributed by atoms with van der Waals surface area (Å²) in [4.78, 5) is 18.3. The molecule has 0 bridgehead atoms. The number of nitrogens with zero attached hydrogens (tertiary/aromatic N) is 2. The van der Waals surface area contributed by atoms with E-state index >= 15 is 0 Å². The number of ether oxygens (including phenoxy) is 1. The largest absolute Gasteiger partial charge is 0.484 e. The van der Waals surface area contributed by atoms with E-state index in [2.05, 4.69) is 4.98 Å². The van der Waals surface area contributed by atoms with Gasteiger partial charge in [-0.05, 0) is 54.1 Å². The number of aromatic nitrogens is 1. The maximum absolute atomic E-state index is 13.3. The number of rotatable bonds is 6. The van der Waals surface area contributed by atoms with Gasteiger partial charge in [0.2, 0.25) is 0 Å². The Morgan fingerprint density at radius 2 is 1.78 bits per heavy atom. The molecule has 4 nitrogen and oxygen atoms in total. The molecule has 0 radical (unpaired) electrons. The first kappa shape index (κ1) is 18.8. The standard InChI is InChI=1S/C20H15ClF2N2O2/c21-18-11-16(23)5-4-14(18)12-25(19-3-1-2-10-24-19)20(26)13-27-17-8-6-15(22)7-9-17/h1-11H,12-13H2. The number of carbonyl (C=O) groups is 1. The van der Waals surface area contributed by atoms with Gasteiger partial charge in [0.1, 0.15) is 23.2 Å². The van der Waals surface area contributed by atoms with Crippen molar-refractivity contribution in [1.82, 2.24) is 4.98 Å². The minimum Gasteiger partial charge on any atom is -0.484 e. The maximum Gasteiger partial charge on any atom is 0.266 e. The second-order valence-corrected chi connectivity index (χ2v) is 6.05. The molecule has 7 heteroatoms. The number of amides is 1. The smallest absolute Gasteiger partial charge is 0.266 e. The van der Waals surface area contributed by atoms with Crippen LogP contribution in [-0.4, -0.2) is 17.5 Å². The van der Waals surface area contributed by atoms with E-state index in [-0.39, 0.29) is 24.1 Å². The van der Waals surface area contributed by atoms with Gasteiger partial charge in [0.15, 0.2) is 6.61 Å². The molecule has 0 N–H and O–H groups in total. The van der Waals surface area contributed by atoms with Gasteiger partial charge in [0.25, 0.3) is 5.91 Å². The quantitative estimate of drug-likeness (QED) is 0.618. The second kappa shape index (κ2) is 8.60. The summed E-state index contributed by atoms with van der Waals surface area (Å²) in [5.74, 6) is -0.455. The van der Waals surface area contributed by atoms with Crippen molar-refractivity contribution >= 4 is 23.3 Å². The summed E-state index contributed by atoms with van der Waals surface area (Å²) in [6.45, 7) is -0.178. The lowest BCUT2D eigenvalue weighted by atomic mass is 10.2. The molecule has 0 unspecified atom stereocenters. The third-order valence-corrected chi connectivity index (χ3v) is 4.10. The van der Waals surface area contributed by atoms with Gasteiger partial charge in [-0.3, -0.25) is 9.69 Å². The van der Waals surface area contributed by atoms with E-state index in [1.165, 1.54) is 47.4 Å². The van der Waals surface area contributed by atoms with Crippen molar-refractivity contribution in [3.63, 3.8) is 0 Å². The summed E-state index contributed by atoms with van der Waals surface area (Å²) in [6.07, 6.45) is 1.56. The van der Waals surface area contributed by atoms with E-state index in [1.54, 1.807) is 24.4 Å². The first-order valence-corrected chi connectivity index (χ1v) is 8.44. The fourth-order valence-electron chi connectivity index (χ4n) is 2.38. The summed E-state index contributed by atoms with van der Waals surface area (Å²) in [7, 11) is 0. The molecule has 1 aromatic heterocycles. The monoisotopic (exact) mass is 388 g/mol. The van der Waals surface area contributed by atoms with Gasteiger partial charge < -0.3 is 4.74 Å². The van der Waals surface area contributed by atoms with E-state index in [1.807, 2.05) is 0 Å². The van der Waals surface area contributed by atoms with Crippen molar-refractivity contribution in [3.8, 4) is 5.75 Å².